The van der Waals surface area contributed by atoms with Gasteiger partial charge in [0.1, 0.15) is 0 Å². The summed E-state index contributed by atoms with van der Waals surface area (Å²) in [7, 11) is 0. The minimum atomic E-state index is 0.178. The summed E-state index contributed by atoms with van der Waals surface area (Å²) in [4.78, 5) is 16.8. The van der Waals surface area contributed by atoms with Gasteiger partial charge in [-0.1, -0.05) is 44.2 Å². The van der Waals surface area contributed by atoms with Crippen molar-refractivity contribution >= 4 is 17.8 Å². The minimum absolute atomic E-state index is 0.178. The molecule has 0 spiro atoms. The van der Waals surface area contributed by atoms with E-state index < -0.39 is 0 Å². The predicted molar refractivity (Wildman–Crippen MR) is 144 cm³/mol. The molecule has 1 aromatic carbocycles. The first-order valence-corrected chi connectivity index (χ1v) is 13.9. The molecule has 1 heterocycles. The molecular weight excluding hydrogens is 434 g/mol. The minimum Gasteiger partial charge on any atom is -0.354 e. The zero-order valence-corrected chi connectivity index (χ0v) is 21.6. The highest BCUT2D eigenvalue weighted by atomic mass is 15.3. The summed E-state index contributed by atoms with van der Waals surface area (Å²) in [5.74, 6) is 4.73. The van der Waals surface area contributed by atoms with E-state index in [0.717, 1.165) is 69.3 Å². The maximum Gasteiger partial charge on any atom is 0.229 e. The highest BCUT2D eigenvalue weighted by molar-refractivity contribution is 5.44. The van der Waals surface area contributed by atoms with Gasteiger partial charge in [-0.2, -0.15) is 15.0 Å². The highest BCUT2D eigenvalue weighted by Crippen LogP contribution is 2.56. The number of rotatable bonds is 13. The second-order valence-corrected chi connectivity index (χ2v) is 11.1. The molecule has 0 unspecified atom stereocenters. The van der Waals surface area contributed by atoms with Crippen LogP contribution in [0.1, 0.15) is 64.4 Å². The normalized spacial score (nSPS) is 26.8. The molecule has 35 heavy (non-hydrogen) atoms. The van der Waals surface area contributed by atoms with Crippen molar-refractivity contribution in [2.75, 3.05) is 48.7 Å². The Morgan fingerprint density at radius 3 is 1.97 bits per heavy atom. The number of hydrogen-bond acceptors (Lipinski definition) is 7. The van der Waals surface area contributed by atoms with E-state index in [9.17, 15) is 0 Å². The second kappa shape index (κ2) is 11.1. The van der Waals surface area contributed by atoms with Crippen molar-refractivity contribution in [3.05, 3.63) is 35.9 Å². The van der Waals surface area contributed by atoms with Gasteiger partial charge in [-0.05, 0) is 94.3 Å². The molecule has 4 aliphatic carbocycles. The molecule has 2 aromatic rings. The summed E-state index contributed by atoms with van der Waals surface area (Å²) >= 11 is 0. The van der Waals surface area contributed by atoms with Crippen LogP contribution in [-0.4, -0.2) is 58.1 Å². The van der Waals surface area contributed by atoms with Gasteiger partial charge in [0.25, 0.3) is 0 Å². The molecule has 6 rings (SSSR count). The molecule has 3 N–H and O–H groups in total. The number of nitrogens with one attached hydrogen (secondary N) is 3. The smallest absolute Gasteiger partial charge is 0.229 e. The molecule has 1 aromatic heterocycles. The first kappa shape index (κ1) is 24.3. The van der Waals surface area contributed by atoms with Crippen molar-refractivity contribution in [2.24, 2.45) is 17.8 Å². The molecule has 0 radical (unpaired) electrons. The van der Waals surface area contributed by atoms with Crippen molar-refractivity contribution in [3.63, 3.8) is 0 Å². The third-order valence-corrected chi connectivity index (χ3v) is 8.42. The zero-order chi connectivity index (χ0) is 24.1. The molecule has 0 aliphatic heterocycles. The van der Waals surface area contributed by atoms with Gasteiger partial charge in [-0.15, -0.1) is 0 Å². The molecule has 7 nitrogen and oxygen atoms in total. The highest BCUT2D eigenvalue weighted by Gasteiger charge is 2.51. The van der Waals surface area contributed by atoms with Gasteiger partial charge in [0.2, 0.25) is 17.8 Å². The Hall–Kier alpha value is -2.41. The second-order valence-electron chi connectivity index (χ2n) is 11.1. The standard InChI is InChI=1S/C28H43N7/c1-3-35(4-2)14-8-12-29-25-31-26(30-13-11-21-9-6-5-7-10-21)33-27(32-25)34-28-18-22-15-23(19-28)17-24(16-22)20-28/h5-7,9-10,22-24H,3-4,8,11-20H2,1-2H3,(H3,29,30,31,32,33,34). The summed E-state index contributed by atoms with van der Waals surface area (Å²) in [6.07, 6.45) is 10.1. The van der Waals surface area contributed by atoms with Crippen LogP contribution in [0.4, 0.5) is 17.8 Å². The zero-order valence-electron chi connectivity index (χ0n) is 21.6. The van der Waals surface area contributed by atoms with Gasteiger partial charge in [0, 0.05) is 18.6 Å². The average molecular weight is 478 g/mol. The van der Waals surface area contributed by atoms with E-state index in [2.05, 4.69) is 65.0 Å². The molecule has 4 aliphatic rings. The fraction of sp³-hybridized carbons (Fsp3) is 0.679. The van der Waals surface area contributed by atoms with E-state index in [-0.39, 0.29) is 5.54 Å². The summed E-state index contributed by atoms with van der Waals surface area (Å²) in [6, 6.07) is 10.6. The molecule has 7 heteroatoms. The Labute approximate surface area is 210 Å². The number of hydrogen-bond donors (Lipinski definition) is 3. The van der Waals surface area contributed by atoms with Crippen LogP contribution in [0.2, 0.25) is 0 Å². The number of benzene rings is 1. The first-order valence-electron chi connectivity index (χ1n) is 13.9. The lowest BCUT2D eigenvalue weighted by Gasteiger charge is -2.56. The van der Waals surface area contributed by atoms with Crippen LogP contribution >= 0.6 is 0 Å². The van der Waals surface area contributed by atoms with E-state index in [0.29, 0.717) is 11.9 Å². The quantitative estimate of drug-likeness (QED) is 0.348. The molecule has 0 saturated heterocycles. The first-order chi connectivity index (χ1) is 17.1. The molecule has 4 bridgehead atoms. The fourth-order valence-corrected chi connectivity index (χ4v) is 7.10. The summed E-state index contributed by atoms with van der Waals surface area (Å²) in [5, 5.41) is 10.8. The molecular formula is C28H43N7. The predicted octanol–water partition coefficient (Wildman–Crippen LogP) is 5.05. The Morgan fingerprint density at radius 1 is 0.800 bits per heavy atom. The Morgan fingerprint density at radius 2 is 1.37 bits per heavy atom. The molecule has 0 amide bonds. The van der Waals surface area contributed by atoms with Crippen LogP contribution in [0.15, 0.2) is 30.3 Å². The molecule has 0 atom stereocenters. The number of nitrogens with zero attached hydrogens (tertiary/aromatic N) is 4. The Bertz CT molecular complexity index is 908. The van der Waals surface area contributed by atoms with Crippen molar-refractivity contribution in [2.45, 2.75) is 70.8 Å². The maximum absolute atomic E-state index is 4.83. The van der Waals surface area contributed by atoms with Crippen molar-refractivity contribution in [1.29, 1.82) is 0 Å². The van der Waals surface area contributed by atoms with E-state index in [1.165, 1.54) is 44.1 Å². The van der Waals surface area contributed by atoms with Gasteiger partial charge in [-0.25, -0.2) is 0 Å². The van der Waals surface area contributed by atoms with Crippen molar-refractivity contribution in [3.8, 4) is 0 Å². The van der Waals surface area contributed by atoms with E-state index >= 15 is 0 Å². The third-order valence-electron chi connectivity index (χ3n) is 8.42. The maximum atomic E-state index is 4.83. The van der Waals surface area contributed by atoms with E-state index in [4.69, 9.17) is 15.0 Å². The molecule has 4 fully saturated rings. The number of anilines is 3. The fourth-order valence-electron chi connectivity index (χ4n) is 7.10. The van der Waals surface area contributed by atoms with E-state index in [1.807, 2.05) is 0 Å². The van der Waals surface area contributed by atoms with Crippen LogP contribution in [0.25, 0.3) is 0 Å². The SMILES string of the molecule is CCN(CC)CCCNc1nc(NCCc2ccccc2)nc(NC23CC4CC(CC(C4)C2)C3)n1. The lowest BCUT2D eigenvalue weighted by Crippen LogP contribution is -2.55. The van der Waals surface area contributed by atoms with Gasteiger partial charge >= 0.3 is 0 Å². The molecule has 190 valence electrons. The third kappa shape index (κ3) is 6.24. The lowest BCUT2D eigenvalue weighted by atomic mass is 9.53. The largest absolute Gasteiger partial charge is 0.354 e. The van der Waals surface area contributed by atoms with Gasteiger partial charge in [0.15, 0.2) is 0 Å². The van der Waals surface area contributed by atoms with Crippen LogP contribution in [0.3, 0.4) is 0 Å². The van der Waals surface area contributed by atoms with Gasteiger partial charge in [0.05, 0.1) is 0 Å². The van der Waals surface area contributed by atoms with Crippen LogP contribution in [0, 0.1) is 17.8 Å². The molecule has 4 saturated carbocycles. The van der Waals surface area contributed by atoms with Crippen molar-refractivity contribution < 1.29 is 0 Å². The average Bonchev–Trinajstić information content (AvgIpc) is 2.84. The number of aromatic nitrogens is 3. The summed E-state index contributed by atoms with van der Waals surface area (Å²) in [6.45, 7) is 9.38. The van der Waals surface area contributed by atoms with E-state index in [1.54, 1.807) is 0 Å². The topological polar surface area (TPSA) is 78.0 Å². The monoisotopic (exact) mass is 477 g/mol. The Kier molecular flexibility index (Phi) is 7.71. The van der Waals surface area contributed by atoms with Crippen LogP contribution in [0.5, 0.6) is 0 Å². The Balaban J connectivity index is 1.26. The van der Waals surface area contributed by atoms with Gasteiger partial charge < -0.3 is 20.9 Å². The van der Waals surface area contributed by atoms with Crippen LogP contribution in [-0.2, 0) is 6.42 Å². The van der Waals surface area contributed by atoms with Crippen LogP contribution < -0.4 is 16.0 Å². The van der Waals surface area contributed by atoms with Gasteiger partial charge in [-0.3, -0.25) is 0 Å². The summed E-state index contributed by atoms with van der Waals surface area (Å²) in [5.41, 5.74) is 1.49. The summed E-state index contributed by atoms with van der Waals surface area (Å²) < 4.78 is 0. The lowest BCUT2D eigenvalue weighted by molar-refractivity contribution is 0.0103. The van der Waals surface area contributed by atoms with Crippen molar-refractivity contribution in [1.82, 2.24) is 19.9 Å².